The Morgan fingerprint density at radius 3 is 2.27 bits per heavy atom. The second-order valence-corrected chi connectivity index (χ2v) is 12.5. The van der Waals surface area contributed by atoms with E-state index in [1.165, 1.54) is 0 Å². The van der Waals surface area contributed by atoms with Gasteiger partial charge in [-0.15, -0.1) is 0 Å². The van der Waals surface area contributed by atoms with E-state index in [-0.39, 0.29) is 36.0 Å². The number of carbonyl (C=O) groups is 2. The number of hydrogen-bond donors (Lipinski definition) is 2. The fraction of sp³-hybridized carbons (Fsp3) is 0.346. The predicted octanol–water partition coefficient (Wildman–Crippen LogP) is 3.43. The number of piperazine rings is 1. The molecule has 2 N–H and O–H groups in total. The topological polar surface area (TPSA) is 123 Å². The maximum atomic E-state index is 13.6. The molecule has 1 saturated heterocycles. The first-order valence-electron chi connectivity index (χ1n) is 12.4. The highest BCUT2D eigenvalue weighted by atomic mass is 32.2. The molecule has 1 fully saturated rings. The van der Waals surface area contributed by atoms with Gasteiger partial charge in [0.2, 0.25) is 15.9 Å². The van der Waals surface area contributed by atoms with Gasteiger partial charge in [0.25, 0.3) is 0 Å². The summed E-state index contributed by atoms with van der Waals surface area (Å²) in [5.74, 6) is -1.77. The molecule has 2 aromatic carbocycles. The molecule has 3 aromatic rings. The van der Waals surface area contributed by atoms with Crippen LogP contribution in [-0.4, -0.2) is 74.5 Å². The minimum atomic E-state index is -4.64. The van der Waals surface area contributed by atoms with Crippen LogP contribution in [0, 0.1) is 6.92 Å². The number of hydrogen-bond acceptors (Lipinski definition) is 8. The summed E-state index contributed by atoms with van der Waals surface area (Å²) in [6.45, 7) is 1.41. The van der Waals surface area contributed by atoms with Gasteiger partial charge in [-0.3, -0.25) is 4.79 Å². The van der Waals surface area contributed by atoms with Gasteiger partial charge in [0.05, 0.1) is 16.2 Å². The Morgan fingerprint density at radius 2 is 1.73 bits per heavy atom. The van der Waals surface area contributed by atoms with Crippen molar-refractivity contribution in [3.63, 3.8) is 0 Å². The van der Waals surface area contributed by atoms with Crippen molar-refractivity contribution < 1.29 is 36.3 Å². The molecule has 0 bridgehead atoms. The zero-order valence-corrected chi connectivity index (χ0v) is 24.0. The van der Waals surface area contributed by atoms with Gasteiger partial charge in [-0.1, -0.05) is 23.5 Å². The van der Waals surface area contributed by atoms with E-state index in [0.29, 0.717) is 23.0 Å². The van der Waals surface area contributed by atoms with Gasteiger partial charge in [-0.25, -0.2) is 18.2 Å². The molecule has 10 nitrogen and oxygen atoms in total. The number of nitrogens with one attached hydrogen (secondary N) is 1. The number of thiazole rings is 1. The van der Waals surface area contributed by atoms with Crippen LogP contribution in [0.2, 0.25) is 0 Å². The molecule has 0 aliphatic carbocycles. The van der Waals surface area contributed by atoms with Crippen LogP contribution in [0.5, 0.6) is 0 Å². The molecule has 0 radical (unpaired) electrons. The van der Waals surface area contributed by atoms with E-state index >= 15 is 0 Å². The molecular weight excluding hydrogens is 583 g/mol. The number of aryl methyl sites for hydroxylation is 1. The summed E-state index contributed by atoms with van der Waals surface area (Å²) >= 11 is 0.916. The average molecular weight is 612 g/mol. The van der Waals surface area contributed by atoms with E-state index in [2.05, 4.69) is 10.3 Å². The van der Waals surface area contributed by atoms with Crippen molar-refractivity contribution in [2.75, 3.05) is 43.5 Å². The van der Waals surface area contributed by atoms with Gasteiger partial charge in [-0.05, 0) is 48.9 Å². The highest BCUT2D eigenvalue weighted by Crippen LogP contribution is 2.32. The van der Waals surface area contributed by atoms with Crippen molar-refractivity contribution >= 4 is 44.1 Å². The predicted molar refractivity (Wildman–Crippen MR) is 148 cm³/mol. The highest BCUT2D eigenvalue weighted by Gasteiger charge is 2.41. The number of carboxylic acid groups (broad SMARTS) is 1. The number of anilines is 2. The van der Waals surface area contributed by atoms with Crippen molar-refractivity contribution in [3.8, 4) is 0 Å². The molecule has 1 amide bonds. The summed E-state index contributed by atoms with van der Waals surface area (Å²) in [5.41, 5.74) is 1.02. The molecule has 0 unspecified atom stereocenters. The second-order valence-electron chi connectivity index (χ2n) is 9.59. The smallest absolute Gasteiger partial charge is 0.416 e. The monoisotopic (exact) mass is 611 g/mol. The van der Waals surface area contributed by atoms with E-state index in [1.54, 1.807) is 11.8 Å². The molecule has 1 aliphatic rings. The number of alkyl halides is 3. The van der Waals surface area contributed by atoms with Crippen LogP contribution in [0.25, 0.3) is 0 Å². The Labute approximate surface area is 239 Å². The van der Waals surface area contributed by atoms with Crippen molar-refractivity contribution in [1.82, 2.24) is 14.6 Å². The number of benzene rings is 2. The molecule has 1 aliphatic heterocycles. The highest BCUT2D eigenvalue weighted by molar-refractivity contribution is 7.89. The van der Waals surface area contributed by atoms with E-state index in [0.717, 1.165) is 39.0 Å². The lowest BCUT2D eigenvalue weighted by molar-refractivity contribution is -0.137. The molecule has 41 heavy (non-hydrogen) atoms. The zero-order chi connectivity index (χ0) is 30.1. The molecular formula is C26H28F3N5O5S2. The summed E-state index contributed by atoms with van der Waals surface area (Å²) in [7, 11) is -0.598. The van der Waals surface area contributed by atoms with Gasteiger partial charge in [0, 0.05) is 46.0 Å². The minimum Gasteiger partial charge on any atom is -0.477 e. The summed E-state index contributed by atoms with van der Waals surface area (Å²) < 4.78 is 67.3. The average Bonchev–Trinajstić information content (AvgIpc) is 3.33. The Kier molecular flexibility index (Phi) is 8.61. The summed E-state index contributed by atoms with van der Waals surface area (Å²) in [6.07, 6.45) is -4.64. The molecule has 2 heterocycles. The van der Waals surface area contributed by atoms with Gasteiger partial charge in [0.1, 0.15) is 10.9 Å². The van der Waals surface area contributed by atoms with Crippen LogP contribution in [0.1, 0.15) is 26.5 Å². The number of sulfonamides is 1. The second kappa shape index (κ2) is 11.7. The normalized spacial score (nSPS) is 16.4. The number of aromatic carboxylic acids is 1. The molecule has 1 aromatic heterocycles. The van der Waals surface area contributed by atoms with E-state index < -0.39 is 39.7 Å². The van der Waals surface area contributed by atoms with Crippen LogP contribution < -0.4 is 15.1 Å². The Hall–Kier alpha value is -3.69. The van der Waals surface area contributed by atoms with Crippen LogP contribution in [0.3, 0.4) is 0 Å². The lowest BCUT2D eigenvalue weighted by Gasteiger charge is -2.39. The number of halogens is 3. The van der Waals surface area contributed by atoms with Crippen molar-refractivity contribution in [3.05, 3.63) is 70.2 Å². The van der Waals surface area contributed by atoms with Crippen LogP contribution >= 0.6 is 11.3 Å². The lowest BCUT2D eigenvalue weighted by Crippen LogP contribution is -2.60. The largest absolute Gasteiger partial charge is 0.477 e. The van der Waals surface area contributed by atoms with Crippen LogP contribution in [-0.2, 0) is 27.5 Å². The standard InChI is InChI=1S/C26H28F3N5O5S2/c1-16-22(24(36)37)40-25(31-16)33-12-13-34(41(38,39)20-10-6-18(7-11-20)26(27,28)29)21(15-33)23(35)30-14-17-4-8-19(9-5-17)32(2)3/h4-11,21H,12-15H2,1-3H3,(H,30,35)(H,36,37)/t21-/m1/s1. The quantitative estimate of drug-likeness (QED) is 0.397. The van der Waals surface area contributed by atoms with E-state index in [9.17, 15) is 36.3 Å². The number of carbonyl (C=O) groups excluding carboxylic acids is 1. The SMILES string of the molecule is Cc1nc(N2CCN(S(=O)(=O)c3ccc(C(F)(F)F)cc3)[C@@H](C(=O)NCc3ccc(N(C)C)cc3)C2)sc1C(=O)O. The maximum absolute atomic E-state index is 13.6. The minimum absolute atomic E-state index is 0.0296. The van der Waals surface area contributed by atoms with Crippen molar-refractivity contribution in [2.45, 2.75) is 30.6 Å². The molecule has 0 saturated carbocycles. The van der Waals surface area contributed by atoms with E-state index in [1.807, 2.05) is 43.3 Å². The third kappa shape index (κ3) is 6.63. The zero-order valence-electron chi connectivity index (χ0n) is 22.3. The third-order valence-corrected chi connectivity index (χ3v) is 9.72. The van der Waals surface area contributed by atoms with Crippen LogP contribution in [0.15, 0.2) is 53.4 Å². The summed E-state index contributed by atoms with van der Waals surface area (Å²) in [5, 5.41) is 12.5. The van der Waals surface area contributed by atoms with Crippen molar-refractivity contribution in [1.29, 1.82) is 0 Å². The summed E-state index contributed by atoms with van der Waals surface area (Å²) in [4.78, 5) is 32.5. The molecule has 4 rings (SSSR count). The Bertz CT molecular complexity index is 1520. The Balaban J connectivity index is 1.61. The molecule has 0 spiro atoms. The first-order valence-corrected chi connectivity index (χ1v) is 14.6. The fourth-order valence-electron chi connectivity index (χ4n) is 4.33. The number of rotatable bonds is 8. The van der Waals surface area contributed by atoms with Crippen LogP contribution in [0.4, 0.5) is 24.0 Å². The number of amides is 1. The van der Waals surface area contributed by atoms with Crippen molar-refractivity contribution in [2.24, 2.45) is 0 Å². The Morgan fingerprint density at radius 1 is 1.10 bits per heavy atom. The molecule has 15 heteroatoms. The molecule has 220 valence electrons. The first-order chi connectivity index (χ1) is 19.2. The third-order valence-electron chi connectivity index (χ3n) is 6.59. The van der Waals surface area contributed by atoms with E-state index in [4.69, 9.17) is 0 Å². The maximum Gasteiger partial charge on any atom is 0.416 e. The number of carboxylic acids is 1. The lowest BCUT2D eigenvalue weighted by atomic mass is 10.1. The fourth-order valence-corrected chi connectivity index (χ4v) is 6.84. The number of aromatic nitrogens is 1. The van der Waals surface area contributed by atoms with Gasteiger partial charge in [-0.2, -0.15) is 17.5 Å². The van der Waals surface area contributed by atoms with Gasteiger partial charge in [0.15, 0.2) is 5.13 Å². The number of nitrogens with zero attached hydrogens (tertiary/aromatic N) is 4. The molecule has 1 atom stereocenters. The first kappa shape index (κ1) is 30.3. The van der Waals surface area contributed by atoms with Gasteiger partial charge >= 0.3 is 12.1 Å². The summed E-state index contributed by atoms with van der Waals surface area (Å²) in [6, 6.07) is 9.23. The van der Waals surface area contributed by atoms with Gasteiger partial charge < -0.3 is 20.2 Å².